The number of fused-ring (bicyclic) bond motifs is 1. The molecule has 1 aliphatic carbocycles. The molecular formula is C16H23N3O3. The molecule has 1 aromatic heterocycles. The van der Waals surface area contributed by atoms with Gasteiger partial charge in [0.15, 0.2) is 5.69 Å². The largest absolute Gasteiger partial charge is 0.501 e. The highest BCUT2D eigenvalue weighted by Crippen LogP contribution is 2.39. The Kier molecular flexibility index (Phi) is 3.70. The summed E-state index contributed by atoms with van der Waals surface area (Å²) in [5.74, 6) is 0.547. The van der Waals surface area contributed by atoms with Crippen LogP contribution in [0.5, 0.6) is 5.75 Å². The van der Waals surface area contributed by atoms with Gasteiger partial charge in [-0.05, 0) is 32.6 Å². The minimum atomic E-state index is -0.681. The lowest BCUT2D eigenvalue weighted by Gasteiger charge is -2.35. The smallest absolute Gasteiger partial charge is 0.315 e. The summed E-state index contributed by atoms with van der Waals surface area (Å²) in [5.41, 5.74) is -0.562. The van der Waals surface area contributed by atoms with Gasteiger partial charge in [0.1, 0.15) is 5.82 Å². The maximum atomic E-state index is 12.7. The van der Waals surface area contributed by atoms with Crippen LogP contribution in [0.2, 0.25) is 0 Å². The molecule has 2 atom stereocenters. The molecule has 0 radical (unpaired) electrons. The van der Waals surface area contributed by atoms with E-state index in [1.165, 1.54) is 0 Å². The lowest BCUT2D eigenvalue weighted by atomic mass is 9.96. The van der Waals surface area contributed by atoms with E-state index in [4.69, 9.17) is 0 Å². The molecule has 0 aromatic carbocycles. The van der Waals surface area contributed by atoms with Crippen LogP contribution in [0.15, 0.2) is 4.79 Å². The first-order valence-corrected chi connectivity index (χ1v) is 8.06. The third-order valence-electron chi connectivity index (χ3n) is 5.03. The Labute approximate surface area is 129 Å². The van der Waals surface area contributed by atoms with Crippen LogP contribution in [-0.4, -0.2) is 38.1 Å². The van der Waals surface area contributed by atoms with Crippen LogP contribution in [0, 0.1) is 5.92 Å². The van der Waals surface area contributed by atoms with Crippen LogP contribution in [0.25, 0.3) is 0 Å². The molecule has 6 nitrogen and oxygen atoms in total. The second-order valence-corrected chi connectivity index (χ2v) is 6.73. The van der Waals surface area contributed by atoms with Gasteiger partial charge >= 0.3 is 5.56 Å². The number of hydrogen-bond donors (Lipinski definition) is 1. The van der Waals surface area contributed by atoms with E-state index in [1.807, 2.05) is 13.8 Å². The number of aromatic hydroxyl groups is 1. The Bertz CT molecular complexity index is 665. The zero-order valence-corrected chi connectivity index (χ0v) is 13.4. The number of rotatable bonds is 2. The molecule has 3 rings (SSSR count). The summed E-state index contributed by atoms with van der Waals surface area (Å²) < 4.78 is 1.78. The topological polar surface area (TPSA) is 75.4 Å². The lowest BCUT2D eigenvalue weighted by molar-refractivity contribution is 0.0636. The van der Waals surface area contributed by atoms with Crippen LogP contribution in [0.3, 0.4) is 0 Å². The highest BCUT2D eigenvalue weighted by Gasteiger charge is 2.36. The van der Waals surface area contributed by atoms with Gasteiger partial charge in [-0.25, -0.2) is 0 Å². The first-order chi connectivity index (χ1) is 10.4. The molecule has 1 N–H and O–H groups in total. The zero-order chi connectivity index (χ0) is 16.0. The lowest BCUT2D eigenvalue weighted by Crippen LogP contribution is -2.46. The van der Waals surface area contributed by atoms with Gasteiger partial charge in [0.05, 0.1) is 0 Å². The quantitative estimate of drug-likeness (QED) is 0.902. The first-order valence-electron chi connectivity index (χ1n) is 8.06. The number of carbonyl (C=O) groups is 1. The Hall–Kier alpha value is -1.85. The molecule has 1 amide bonds. The second-order valence-electron chi connectivity index (χ2n) is 6.73. The van der Waals surface area contributed by atoms with Crippen molar-refractivity contribution in [2.75, 3.05) is 6.54 Å². The van der Waals surface area contributed by atoms with Crippen molar-refractivity contribution in [2.24, 2.45) is 5.92 Å². The van der Waals surface area contributed by atoms with Crippen molar-refractivity contribution >= 4 is 5.91 Å². The first kappa shape index (κ1) is 15.1. The van der Waals surface area contributed by atoms with Gasteiger partial charge in [-0.2, -0.15) is 4.98 Å². The van der Waals surface area contributed by atoms with Gasteiger partial charge in [-0.3, -0.25) is 9.59 Å². The fourth-order valence-corrected chi connectivity index (χ4v) is 3.75. The average Bonchev–Trinajstić information content (AvgIpc) is 2.88. The van der Waals surface area contributed by atoms with Gasteiger partial charge in [0, 0.05) is 25.0 Å². The molecule has 1 aliphatic heterocycles. The van der Waals surface area contributed by atoms with Crippen molar-refractivity contribution in [2.45, 2.75) is 58.5 Å². The standard InChI is InChI=1S/C16H23N3O3/c1-9(2)18-7-8-19-12(16(18)22)13(20)15(21)17-14(19)11-6-4-5-10(11)3/h9-11,20H,4-8H2,1-3H3/t10-,11+/m1/s1. The van der Waals surface area contributed by atoms with Gasteiger partial charge < -0.3 is 14.6 Å². The van der Waals surface area contributed by atoms with Gasteiger partial charge in [0.2, 0.25) is 5.75 Å². The van der Waals surface area contributed by atoms with Gasteiger partial charge in [0.25, 0.3) is 5.91 Å². The monoisotopic (exact) mass is 305 g/mol. The number of amides is 1. The van der Waals surface area contributed by atoms with E-state index >= 15 is 0 Å². The number of nitrogens with zero attached hydrogens (tertiary/aromatic N) is 3. The van der Waals surface area contributed by atoms with Crippen molar-refractivity contribution in [3.05, 3.63) is 21.9 Å². The number of aromatic nitrogens is 2. The van der Waals surface area contributed by atoms with Crippen LogP contribution < -0.4 is 5.56 Å². The van der Waals surface area contributed by atoms with Crippen LogP contribution in [0.1, 0.15) is 62.3 Å². The fraction of sp³-hybridized carbons (Fsp3) is 0.688. The SMILES string of the molecule is CC(C)N1CCn2c([C@H]3CCC[C@H]3C)nc(=O)c(O)c2C1=O. The molecule has 0 bridgehead atoms. The maximum Gasteiger partial charge on any atom is 0.315 e. The van der Waals surface area contributed by atoms with E-state index in [0.717, 1.165) is 19.3 Å². The number of carbonyl (C=O) groups excluding carboxylic acids is 1. The summed E-state index contributed by atoms with van der Waals surface area (Å²) in [7, 11) is 0. The normalized spacial score (nSPS) is 24.9. The van der Waals surface area contributed by atoms with Crippen molar-refractivity contribution < 1.29 is 9.90 Å². The molecule has 1 fully saturated rings. The molecule has 1 aromatic rings. The van der Waals surface area contributed by atoms with Crippen LogP contribution >= 0.6 is 0 Å². The van der Waals surface area contributed by atoms with Crippen molar-refractivity contribution in [3.63, 3.8) is 0 Å². The third kappa shape index (κ3) is 2.21. The van der Waals surface area contributed by atoms with Crippen molar-refractivity contribution in [1.29, 1.82) is 0 Å². The molecule has 0 saturated heterocycles. The van der Waals surface area contributed by atoms with E-state index in [2.05, 4.69) is 11.9 Å². The minimum Gasteiger partial charge on any atom is -0.501 e. The molecule has 22 heavy (non-hydrogen) atoms. The highest BCUT2D eigenvalue weighted by molar-refractivity contribution is 5.95. The van der Waals surface area contributed by atoms with E-state index in [-0.39, 0.29) is 23.6 Å². The van der Waals surface area contributed by atoms with E-state index < -0.39 is 11.3 Å². The Morgan fingerprint density at radius 3 is 2.55 bits per heavy atom. The maximum absolute atomic E-state index is 12.7. The third-order valence-corrected chi connectivity index (χ3v) is 5.03. The fourth-order valence-electron chi connectivity index (χ4n) is 3.75. The summed E-state index contributed by atoms with van der Waals surface area (Å²) in [6, 6.07) is 0.0396. The van der Waals surface area contributed by atoms with Crippen molar-refractivity contribution in [1.82, 2.24) is 14.5 Å². The van der Waals surface area contributed by atoms with E-state index in [1.54, 1.807) is 9.47 Å². The van der Waals surface area contributed by atoms with Crippen LogP contribution in [-0.2, 0) is 6.54 Å². The Morgan fingerprint density at radius 1 is 1.23 bits per heavy atom. The molecule has 120 valence electrons. The molecule has 1 saturated carbocycles. The average molecular weight is 305 g/mol. The van der Waals surface area contributed by atoms with Gasteiger partial charge in [-0.15, -0.1) is 0 Å². The Balaban J connectivity index is 2.15. The summed E-state index contributed by atoms with van der Waals surface area (Å²) >= 11 is 0. The summed E-state index contributed by atoms with van der Waals surface area (Å²) in [6.45, 7) is 7.20. The predicted molar refractivity (Wildman–Crippen MR) is 82.1 cm³/mol. The van der Waals surface area contributed by atoms with Gasteiger partial charge in [-0.1, -0.05) is 13.3 Å². The molecule has 0 spiro atoms. The van der Waals surface area contributed by atoms with Crippen molar-refractivity contribution in [3.8, 4) is 5.75 Å². The zero-order valence-electron chi connectivity index (χ0n) is 13.4. The minimum absolute atomic E-state index is 0.0396. The molecule has 2 heterocycles. The van der Waals surface area contributed by atoms with E-state index in [9.17, 15) is 14.7 Å². The molecule has 6 heteroatoms. The summed E-state index contributed by atoms with van der Waals surface area (Å²) in [4.78, 5) is 30.5. The van der Waals surface area contributed by atoms with Crippen LogP contribution in [0.4, 0.5) is 0 Å². The molecular weight excluding hydrogens is 282 g/mol. The molecule has 2 aliphatic rings. The molecule has 0 unspecified atom stereocenters. The number of hydrogen-bond acceptors (Lipinski definition) is 4. The van der Waals surface area contributed by atoms with E-state index in [0.29, 0.717) is 24.8 Å². The Morgan fingerprint density at radius 2 is 1.95 bits per heavy atom. The summed E-state index contributed by atoms with van der Waals surface area (Å²) in [6.07, 6.45) is 3.21. The predicted octanol–water partition coefficient (Wildman–Crippen LogP) is 1.72. The second kappa shape index (κ2) is 5.41. The highest BCUT2D eigenvalue weighted by atomic mass is 16.3. The summed E-state index contributed by atoms with van der Waals surface area (Å²) in [5, 5.41) is 10.1.